The average molecular weight is 425 g/mol. The fourth-order valence-corrected chi connectivity index (χ4v) is 3.88. The van der Waals surface area contributed by atoms with Gasteiger partial charge in [-0.1, -0.05) is 54.9 Å². The molecule has 2 aromatic carbocycles. The summed E-state index contributed by atoms with van der Waals surface area (Å²) in [6, 6.07) is 14.9. The number of aromatic nitrogens is 2. The third-order valence-electron chi connectivity index (χ3n) is 5.40. The summed E-state index contributed by atoms with van der Waals surface area (Å²) in [5.41, 5.74) is 2.80. The third kappa shape index (κ3) is 4.49. The predicted octanol–water partition coefficient (Wildman–Crippen LogP) is 6.27. The highest BCUT2D eigenvalue weighted by Gasteiger charge is 2.32. The normalized spacial score (nSPS) is 16.7. The van der Waals surface area contributed by atoms with Crippen LogP contribution < -0.4 is 5.32 Å². The van der Waals surface area contributed by atoms with Crippen molar-refractivity contribution in [3.05, 3.63) is 65.0 Å². The summed E-state index contributed by atoms with van der Waals surface area (Å²) >= 11 is 6.07. The van der Waals surface area contributed by atoms with Gasteiger partial charge in [-0.3, -0.25) is 0 Å². The van der Waals surface area contributed by atoms with Gasteiger partial charge in [0, 0.05) is 22.8 Å². The van der Waals surface area contributed by atoms with Crippen molar-refractivity contribution < 1.29 is 9.32 Å². The number of carbonyl (C=O) groups excluding carboxylic acids is 1. The van der Waals surface area contributed by atoms with E-state index < -0.39 is 0 Å². The molecule has 0 radical (unpaired) electrons. The largest absolute Gasteiger partial charge is 0.337 e. The van der Waals surface area contributed by atoms with Crippen LogP contribution in [-0.2, 0) is 0 Å². The first-order valence-electron chi connectivity index (χ1n) is 10.3. The van der Waals surface area contributed by atoms with Gasteiger partial charge in [0.25, 0.3) is 0 Å². The first-order chi connectivity index (χ1) is 14.5. The lowest BCUT2D eigenvalue weighted by molar-refractivity contribution is 0.142. The van der Waals surface area contributed by atoms with Crippen LogP contribution in [0.3, 0.4) is 0 Å². The maximum absolute atomic E-state index is 13.0. The highest BCUT2D eigenvalue weighted by atomic mass is 35.5. The first kappa shape index (κ1) is 20.4. The Morgan fingerprint density at radius 1 is 1.20 bits per heavy atom. The summed E-state index contributed by atoms with van der Waals surface area (Å²) in [4.78, 5) is 19.3. The Morgan fingerprint density at radius 3 is 2.73 bits per heavy atom. The molecule has 4 rings (SSSR count). The molecule has 0 aliphatic carbocycles. The number of nitrogens with one attached hydrogen (secondary N) is 1. The Morgan fingerprint density at radius 2 is 2.00 bits per heavy atom. The number of nitrogens with zero attached hydrogens (tertiary/aromatic N) is 3. The lowest BCUT2D eigenvalue weighted by Gasteiger charge is -2.33. The number of likely N-dealkylation sites (tertiary alicyclic amines) is 1. The molecule has 1 atom stereocenters. The summed E-state index contributed by atoms with van der Waals surface area (Å²) < 4.78 is 5.55. The molecule has 2 amide bonds. The van der Waals surface area contributed by atoms with E-state index in [4.69, 9.17) is 16.1 Å². The second kappa shape index (κ2) is 8.88. The van der Waals surface area contributed by atoms with Crippen molar-refractivity contribution in [3.63, 3.8) is 0 Å². The van der Waals surface area contributed by atoms with Crippen LogP contribution >= 0.6 is 11.6 Å². The Bertz CT molecular complexity index is 1020. The lowest BCUT2D eigenvalue weighted by atomic mass is 10.0. The first-order valence-corrected chi connectivity index (χ1v) is 10.7. The second-order valence-corrected chi connectivity index (χ2v) is 8.31. The minimum atomic E-state index is -0.242. The van der Waals surface area contributed by atoms with Gasteiger partial charge < -0.3 is 14.7 Å². The minimum absolute atomic E-state index is 0.153. The third-order valence-corrected chi connectivity index (χ3v) is 5.64. The van der Waals surface area contributed by atoms with Crippen LogP contribution in [-0.4, -0.2) is 27.6 Å². The fourth-order valence-electron chi connectivity index (χ4n) is 3.69. The summed E-state index contributed by atoms with van der Waals surface area (Å²) in [5, 5.41) is 7.72. The van der Waals surface area contributed by atoms with Gasteiger partial charge in [0.15, 0.2) is 0 Å². The summed E-state index contributed by atoms with van der Waals surface area (Å²) in [5.74, 6) is 1.38. The van der Waals surface area contributed by atoms with E-state index in [2.05, 4.69) is 29.3 Å². The number of carbonyl (C=O) groups is 1. The number of piperidine rings is 1. The summed E-state index contributed by atoms with van der Waals surface area (Å²) in [6.07, 6.45) is 2.74. The monoisotopic (exact) mass is 424 g/mol. The molecule has 0 bridgehead atoms. The Hall–Kier alpha value is -2.86. The van der Waals surface area contributed by atoms with Gasteiger partial charge >= 0.3 is 6.03 Å². The van der Waals surface area contributed by atoms with Gasteiger partial charge in [-0.05, 0) is 55.0 Å². The van der Waals surface area contributed by atoms with Crippen LogP contribution in [0.4, 0.5) is 10.5 Å². The highest BCUT2D eigenvalue weighted by molar-refractivity contribution is 6.30. The molecule has 0 saturated carbocycles. The Kier molecular flexibility index (Phi) is 6.04. The molecule has 1 aliphatic heterocycles. The lowest BCUT2D eigenvalue weighted by Crippen LogP contribution is -2.41. The standard InChI is InChI=1S/C23H25ClN4O2/c1-15(2)16-9-11-19(12-10-16)25-23(29)28-13-4-3-8-20(28)22-26-21(27-30-22)17-6-5-7-18(24)14-17/h5-7,9-12,14-15,20H,3-4,8,13H2,1-2H3,(H,25,29)/t20-/m1/s1. The van der Waals surface area contributed by atoms with E-state index >= 15 is 0 Å². The van der Waals surface area contributed by atoms with Crippen LogP contribution in [0, 0.1) is 0 Å². The van der Waals surface area contributed by atoms with Crippen LogP contribution in [0.1, 0.15) is 56.5 Å². The Labute approximate surface area is 181 Å². The molecule has 1 aliphatic rings. The quantitative estimate of drug-likeness (QED) is 0.535. The molecule has 6 nitrogen and oxygen atoms in total. The molecule has 2 heterocycles. The number of hydrogen-bond donors (Lipinski definition) is 1. The zero-order valence-electron chi connectivity index (χ0n) is 17.1. The summed E-state index contributed by atoms with van der Waals surface area (Å²) in [7, 11) is 0. The van der Waals surface area contributed by atoms with E-state index in [0.717, 1.165) is 30.5 Å². The van der Waals surface area contributed by atoms with Crippen molar-refractivity contribution in [1.82, 2.24) is 15.0 Å². The Balaban J connectivity index is 1.51. The molecule has 30 heavy (non-hydrogen) atoms. The molecule has 156 valence electrons. The van der Waals surface area contributed by atoms with E-state index in [-0.39, 0.29) is 12.1 Å². The minimum Gasteiger partial charge on any atom is -0.337 e. The molecule has 7 heteroatoms. The number of hydrogen-bond acceptors (Lipinski definition) is 4. The van der Waals surface area contributed by atoms with E-state index in [1.165, 1.54) is 5.56 Å². The number of urea groups is 1. The molecular formula is C23H25ClN4O2. The molecule has 1 saturated heterocycles. The predicted molar refractivity (Wildman–Crippen MR) is 118 cm³/mol. The second-order valence-electron chi connectivity index (χ2n) is 7.88. The molecule has 1 N–H and O–H groups in total. The van der Waals surface area contributed by atoms with Crippen LogP contribution in [0.15, 0.2) is 53.1 Å². The molecule has 0 spiro atoms. The van der Waals surface area contributed by atoms with E-state index in [1.54, 1.807) is 17.0 Å². The van der Waals surface area contributed by atoms with Crippen LogP contribution in [0.2, 0.25) is 5.02 Å². The van der Waals surface area contributed by atoms with Gasteiger partial charge in [0.05, 0.1) is 0 Å². The smallest absolute Gasteiger partial charge is 0.322 e. The van der Waals surface area contributed by atoms with E-state index in [1.807, 2.05) is 36.4 Å². The molecule has 3 aromatic rings. The van der Waals surface area contributed by atoms with Crippen molar-refractivity contribution in [2.75, 3.05) is 11.9 Å². The van der Waals surface area contributed by atoms with Crippen molar-refractivity contribution in [2.24, 2.45) is 0 Å². The van der Waals surface area contributed by atoms with Crippen molar-refractivity contribution in [2.45, 2.75) is 45.1 Å². The SMILES string of the molecule is CC(C)c1ccc(NC(=O)N2CCCC[C@@H]2c2nc(-c3cccc(Cl)c3)no2)cc1. The summed E-state index contributed by atoms with van der Waals surface area (Å²) in [6.45, 7) is 4.94. The zero-order chi connectivity index (χ0) is 21.1. The van der Waals surface area contributed by atoms with Gasteiger partial charge in [-0.15, -0.1) is 0 Å². The molecule has 0 unspecified atom stereocenters. The fraction of sp³-hybridized carbons (Fsp3) is 0.348. The van der Waals surface area contributed by atoms with Gasteiger partial charge in [0.2, 0.25) is 11.7 Å². The maximum atomic E-state index is 13.0. The van der Waals surface area contributed by atoms with Gasteiger partial charge in [0.1, 0.15) is 6.04 Å². The van der Waals surface area contributed by atoms with Crippen molar-refractivity contribution in [3.8, 4) is 11.4 Å². The molecule has 1 aromatic heterocycles. The van der Waals surface area contributed by atoms with E-state index in [0.29, 0.717) is 29.2 Å². The molecular weight excluding hydrogens is 400 g/mol. The highest BCUT2D eigenvalue weighted by Crippen LogP contribution is 2.32. The number of rotatable bonds is 4. The van der Waals surface area contributed by atoms with E-state index in [9.17, 15) is 4.79 Å². The topological polar surface area (TPSA) is 71.3 Å². The van der Waals surface area contributed by atoms with Gasteiger partial charge in [-0.2, -0.15) is 4.98 Å². The number of benzene rings is 2. The number of halogens is 1. The molecule has 1 fully saturated rings. The number of amides is 2. The van der Waals surface area contributed by atoms with Gasteiger partial charge in [-0.25, -0.2) is 4.79 Å². The number of anilines is 1. The maximum Gasteiger partial charge on any atom is 0.322 e. The van der Waals surface area contributed by atoms with Crippen molar-refractivity contribution >= 4 is 23.3 Å². The van der Waals surface area contributed by atoms with Crippen molar-refractivity contribution in [1.29, 1.82) is 0 Å². The van der Waals surface area contributed by atoms with Crippen LogP contribution in [0.25, 0.3) is 11.4 Å². The zero-order valence-corrected chi connectivity index (χ0v) is 17.9. The van der Waals surface area contributed by atoms with Crippen LogP contribution in [0.5, 0.6) is 0 Å². The average Bonchev–Trinajstić information content (AvgIpc) is 3.24.